The van der Waals surface area contributed by atoms with Crippen molar-refractivity contribution in [3.05, 3.63) is 47.8 Å². The molecule has 170 valence electrons. The molecule has 1 aromatic carbocycles. The number of anilines is 2. The molecule has 3 aromatic rings. The van der Waals surface area contributed by atoms with Crippen LogP contribution in [0.1, 0.15) is 29.4 Å². The lowest BCUT2D eigenvalue weighted by Gasteiger charge is -2.33. The molecule has 0 radical (unpaired) electrons. The number of rotatable bonds is 8. The van der Waals surface area contributed by atoms with Gasteiger partial charge < -0.3 is 20.3 Å². The summed E-state index contributed by atoms with van der Waals surface area (Å²) in [4.78, 5) is 23.9. The van der Waals surface area contributed by atoms with Crippen LogP contribution >= 0.6 is 0 Å². The first-order valence-corrected chi connectivity index (χ1v) is 10.7. The van der Waals surface area contributed by atoms with Crippen LogP contribution in [-0.2, 0) is 7.05 Å². The minimum Gasteiger partial charge on any atom is -0.497 e. The number of nitrogens with zero attached hydrogens (tertiary/aromatic N) is 6. The van der Waals surface area contributed by atoms with Crippen LogP contribution < -0.4 is 15.4 Å². The van der Waals surface area contributed by atoms with Crippen molar-refractivity contribution in [3.8, 4) is 23.2 Å². The van der Waals surface area contributed by atoms with E-state index in [1.165, 1.54) is 13.5 Å². The van der Waals surface area contributed by atoms with E-state index in [-0.39, 0.29) is 11.9 Å². The van der Waals surface area contributed by atoms with Crippen molar-refractivity contribution >= 4 is 17.5 Å². The Hall–Kier alpha value is -3.97. The van der Waals surface area contributed by atoms with Crippen molar-refractivity contribution in [1.29, 1.82) is 5.26 Å². The minimum atomic E-state index is -0.169. The van der Waals surface area contributed by atoms with Gasteiger partial charge in [0.15, 0.2) is 0 Å². The molecule has 4 rings (SSSR count). The molecular weight excluding hydrogens is 420 g/mol. The second kappa shape index (κ2) is 9.67. The first kappa shape index (κ1) is 22.2. The summed E-state index contributed by atoms with van der Waals surface area (Å²) in [5, 5.41) is 19.8. The highest BCUT2D eigenvalue weighted by Crippen LogP contribution is 2.24. The number of ether oxygens (including phenoxy) is 1. The first-order chi connectivity index (χ1) is 15.9. The Labute approximate surface area is 192 Å². The van der Waals surface area contributed by atoms with Crippen molar-refractivity contribution in [2.24, 2.45) is 7.05 Å². The van der Waals surface area contributed by atoms with Crippen molar-refractivity contribution in [3.63, 3.8) is 0 Å². The van der Waals surface area contributed by atoms with Crippen molar-refractivity contribution < 1.29 is 9.53 Å². The second-order valence-corrected chi connectivity index (χ2v) is 8.02. The fraction of sp³-hybridized carbons (Fsp3) is 0.348. The van der Waals surface area contributed by atoms with Gasteiger partial charge in [0.1, 0.15) is 17.1 Å². The van der Waals surface area contributed by atoms with Gasteiger partial charge in [-0.05, 0) is 50.7 Å². The molecule has 1 atom stereocenters. The molecule has 1 aliphatic heterocycles. The molecule has 10 nitrogen and oxygen atoms in total. The van der Waals surface area contributed by atoms with E-state index in [1.807, 2.05) is 6.92 Å². The summed E-state index contributed by atoms with van der Waals surface area (Å²) in [5.74, 6) is 0.720. The molecule has 0 saturated carbocycles. The summed E-state index contributed by atoms with van der Waals surface area (Å²) in [7, 11) is 3.27. The van der Waals surface area contributed by atoms with Crippen molar-refractivity contribution in [2.45, 2.75) is 19.4 Å². The highest BCUT2D eigenvalue weighted by atomic mass is 16.5. The van der Waals surface area contributed by atoms with Crippen LogP contribution in [-0.4, -0.2) is 63.3 Å². The summed E-state index contributed by atoms with van der Waals surface area (Å²) in [5.41, 5.74) is 2.67. The van der Waals surface area contributed by atoms with Gasteiger partial charge in [-0.15, -0.1) is 0 Å². The van der Waals surface area contributed by atoms with E-state index in [0.29, 0.717) is 40.0 Å². The second-order valence-electron chi connectivity index (χ2n) is 8.02. The third kappa shape index (κ3) is 5.27. The SMILES string of the molecule is COc1cc(C#N)cc(Nc2nccc(-c3cc(C(=O)N[C@@H](C)CN4CCC4)n(C)n3)n2)c1. The lowest BCUT2D eigenvalue weighted by atomic mass is 10.2. The normalized spacial score (nSPS) is 14.1. The van der Waals surface area contributed by atoms with Crippen LogP contribution in [0.3, 0.4) is 0 Å². The Morgan fingerprint density at radius 1 is 1.27 bits per heavy atom. The number of nitrogens with one attached hydrogen (secondary N) is 2. The van der Waals surface area contributed by atoms with Crippen molar-refractivity contribution in [1.82, 2.24) is 30.0 Å². The van der Waals surface area contributed by atoms with Crippen LogP contribution in [0.5, 0.6) is 5.75 Å². The Bertz CT molecular complexity index is 1200. The van der Waals surface area contributed by atoms with E-state index < -0.39 is 0 Å². The minimum absolute atomic E-state index is 0.0483. The average Bonchev–Trinajstić information content (AvgIpc) is 3.18. The maximum absolute atomic E-state index is 12.8. The standard InChI is InChI=1S/C23H26N8O2/c1-15(14-31-7-4-8-31)26-22(32)21-12-20(29-30(21)2)19-5-6-25-23(28-19)27-17-9-16(13-24)10-18(11-17)33-3/h5-6,9-12,15H,4,7-8,14H2,1-3H3,(H,26,32)(H,25,27,28)/t15-/m0/s1. The molecule has 1 aliphatic rings. The van der Waals surface area contributed by atoms with Gasteiger partial charge in [-0.25, -0.2) is 9.97 Å². The number of aromatic nitrogens is 4. The number of amides is 1. The van der Waals surface area contributed by atoms with Crippen LogP contribution in [0, 0.1) is 11.3 Å². The zero-order valence-electron chi connectivity index (χ0n) is 18.9. The van der Waals surface area contributed by atoms with E-state index in [1.54, 1.807) is 48.3 Å². The lowest BCUT2D eigenvalue weighted by Crippen LogP contribution is -2.47. The van der Waals surface area contributed by atoms with Gasteiger partial charge in [0.2, 0.25) is 5.95 Å². The predicted octanol–water partition coefficient (Wildman–Crippen LogP) is 2.32. The number of aryl methyl sites for hydroxylation is 1. The number of nitriles is 1. The summed E-state index contributed by atoms with van der Waals surface area (Å²) < 4.78 is 6.79. The molecule has 1 fully saturated rings. The van der Waals surface area contributed by atoms with E-state index in [0.717, 1.165) is 19.6 Å². The summed E-state index contributed by atoms with van der Waals surface area (Å²) >= 11 is 0. The number of carbonyl (C=O) groups is 1. The Kier molecular flexibility index (Phi) is 6.51. The molecule has 10 heteroatoms. The highest BCUT2D eigenvalue weighted by Gasteiger charge is 2.20. The third-order valence-corrected chi connectivity index (χ3v) is 5.42. The van der Waals surface area contributed by atoms with Gasteiger partial charge in [-0.3, -0.25) is 9.48 Å². The first-order valence-electron chi connectivity index (χ1n) is 10.7. The van der Waals surface area contributed by atoms with Gasteiger partial charge in [0.05, 0.1) is 24.4 Å². The molecule has 0 unspecified atom stereocenters. The summed E-state index contributed by atoms with van der Waals surface area (Å²) in [6.07, 6.45) is 2.83. The van der Waals surface area contributed by atoms with E-state index in [9.17, 15) is 10.1 Å². The third-order valence-electron chi connectivity index (χ3n) is 5.42. The molecule has 0 spiro atoms. The van der Waals surface area contributed by atoms with Crippen LogP contribution in [0.15, 0.2) is 36.5 Å². The smallest absolute Gasteiger partial charge is 0.269 e. The molecule has 2 aromatic heterocycles. The zero-order chi connectivity index (χ0) is 23.4. The topological polar surface area (TPSA) is 121 Å². The Balaban J connectivity index is 1.49. The lowest BCUT2D eigenvalue weighted by molar-refractivity contribution is 0.0905. The van der Waals surface area contributed by atoms with E-state index >= 15 is 0 Å². The number of methoxy groups -OCH3 is 1. The van der Waals surface area contributed by atoms with Gasteiger partial charge in [-0.1, -0.05) is 0 Å². The molecule has 3 heterocycles. The van der Waals surface area contributed by atoms with E-state index in [4.69, 9.17) is 4.74 Å². The zero-order valence-corrected chi connectivity index (χ0v) is 18.9. The fourth-order valence-electron chi connectivity index (χ4n) is 3.64. The van der Waals surface area contributed by atoms with Gasteiger partial charge in [-0.2, -0.15) is 10.4 Å². The molecule has 1 saturated heterocycles. The monoisotopic (exact) mass is 446 g/mol. The summed E-state index contributed by atoms with van der Waals surface area (Å²) in [6, 6.07) is 10.7. The molecule has 33 heavy (non-hydrogen) atoms. The van der Waals surface area contributed by atoms with Crippen LogP contribution in [0.25, 0.3) is 11.4 Å². The summed E-state index contributed by atoms with van der Waals surface area (Å²) in [6.45, 7) is 5.03. The van der Waals surface area contributed by atoms with Gasteiger partial charge in [0.25, 0.3) is 5.91 Å². The van der Waals surface area contributed by atoms with Crippen LogP contribution in [0.2, 0.25) is 0 Å². The molecule has 0 bridgehead atoms. The van der Waals surface area contributed by atoms with E-state index in [2.05, 4.69) is 36.7 Å². The Morgan fingerprint density at radius 3 is 2.79 bits per heavy atom. The molecule has 2 N–H and O–H groups in total. The largest absolute Gasteiger partial charge is 0.497 e. The average molecular weight is 447 g/mol. The quantitative estimate of drug-likeness (QED) is 0.541. The van der Waals surface area contributed by atoms with Gasteiger partial charge >= 0.3 is 0 Å². The molecule has 0 aliphatic carbocycles. The number of hydrogen-bond donors (Lipinski definition) is 2. The molecule has 1 amide bonds. The van der Waals surface area contributed by atoms with Crippen molar-refractivity contribution in [2.75, 3.05) is 32.1 Å². The highest BCUT2D eigenvalue weighted by molar-refractivity contribution is 5.93. The fourth-order valence-corrected chi connectivity index (χ4v) is 3.64. The number of hydrogen-bond acceptors (Lipinski definition) is 8. The maximum Gasteiger partial charge on any atom is 0.269 e. The van der Waals surface area contributed by atoms with Crippen LogP contribution in [0.4, 0.5) is 11.6 Å². The molecular formula is C23H26N8O2. The van der Waals surface area contributed by atoms with Gasteiger partial charge in [0, 0.05) is 37.6 Å². The number of likely N-dealkylation sites (tertiary alicyclic amines) is 1. The number of carbonyl (C=O) groups excluding carboxylic acids is 1. The maximum atomic E-state index is 12.8. The Morgan fingerprint density at radius 2 is 2.09 bits per heavy atom. The predicted molar refractivity (Wildman–Crippen MR) is 123 cm³/mol. The number of benzene rings is 1.